The van der Waals surface area contributed by atoms with Crippen molar-refractivity contribution in [2.45, 2.75) is 39.7 Å². The molecule has 1 N–H and O–H groups in total. The highest BCUT2D eigenvalue weighted by molar-refractivity contribution is 5.93. The van der Waals surface area contributed by atoms with Crippen LogP contribution in [-0.4, -0.2) is 20.9 Å². The van der Waals surface area contributed by atoms with Crippen LogP contribution in [0.5, 0.6) is 0 Å². The van der Waals surface area contributed by atoms with Crippen molar-refractivity contribution in [3.63, 3.8) is 0 Å². The van der Waals surface area contributed by atoms with E-state index in [1.54, 1.807) is 23.0 Å². The zero-order chi connectivity index (χ0) is 14.0. The molecule has 0 aliphatic heterocycles. The number of carboxylic acids is 1. The van der Waals surface area contributed by atoms with E-state index in [2.05, 4.69) is 18.9 Å². The number of carbonyl (C=O) groups is 1. The Hall–Kier alpha value is -2.04. The molecule has 0 spiro atoms. The molecule has 2 rings (SSSR count). The van der Waals surface area contributed by atoms with Crippen molar-refractivity contribution in [2.75, 3.05) is 0 Å². The van der Waals surface area contributed by atoms with Gasteiger partial charge in [-0.05, 0) is 31.9 Å². The van der Waals surface area contributed by atoms with Gasteiger partial charge in [0.2, 0.25) is 0 Å². The quantitative estimate of drug-likeness (QED) is 0.895. The molecular formula is C14H18N2O3. The maximum atomic E-state index is 11.3. The maximum Gasteiger partial charge on any atom is 0.339 e. The average Bonchev–Trinajstić information content (AvgIpc) is 2.97. The Labute approximate surface area is 111 Å². The summed E-state index contributed by atoms with van der Waals surface area (Å²) in [5.74, 6) is 0.254. The van der Waals surface area contributed by atoms with Gasteiger partial charge in [-0.1, -0.05) is 13.8 Å². The monoisotopic (exact) mass is 262 g/mol. The lowest BCUT2D eigenvalue weighted by molar-refractivity contribution is 0.0697. The first-order valence-electron chi connectivity index (χ1n) is 6.46. The summed E-state index contributed by atoms with van der Waals surface area (Å²) in [6.45, 7) is 5.95. The molecule has 102 valence electrons. The summed E-state index contributed by atoms with van der Waals surface area (Å²) in [6.07, 6.45) is 3.41. The molecule has 19 heavy (non-hydrogen) atoms. The van der Waals surface area contributed by atoms with Crippen molar-refractivity contribution in [1.82, 2.24) is 9.78 Å². The summed E-state index contributed by atoms with van der Waals surface area (Å²) >= 11 is 0. The van der Waals surface area contributed by atoms with Crippen LogP contribution < -0.4 is 0 Å². The van der Waals surface area contributed by atoms with Gasteiger partial charge in [-0.3, -0.25) is 4.68 Å². The van der Waals surface area contributed by atoms with Crippen LogP contribution in [0.25, 0.3) is 11.5 Å². The van der Waals surface area contributed by atoms with E-state index in [9.17, 15) is 9.90 Å². The lowest BCUT2D eigenvalue weighted by atomic mass is 10.2. The second kappa shape index (κ2) is 5.30. The third kappa shape index (κ3) is 2.54. The normalized spacial score (nSPS) is 11.2. The van der Waals surface area contributed by atoms with E-state index in [1.165, 1.54) is 0 Å². The third-order valence-electron chi connectivity index (χ3n) is 3.25. The van der Waals surface area contributed by atoms with Crippen molar-refractivity contribution < 1.29 is 14.3 Å². The maximum absolute atomic E-state index is 11.3. The molecule has 0 amide bonds. The van der Waals surface area contributed by atoms with Crippen molar-refractivity contribution in [1.29, 1.82) is 0 Å². The fraction of sp³-hybridized carbons (Fsp3) is 0.429. The zero-order valence-electron chi connectivity index (χ0n) is 11.4. The van der Waals surface area contributed by atoms with Gasteiger partial charge in [0.15, 0.2) is 5.76 Å². The third-order valence-corrected chi connectivity index (χ3v) is 3.25. The second-order valence-corrected chi connectivity index (χ2v) is 4.56. The van der Waals surface area contributed by atoms with Gasteiger partial charge in [-0.25, -0.2) is 4.79 Å². The number of aromatic carboxylic acids is 1. The molecule has 0 saturated heterocycles. The standard InChI is InChI=1S/C14H18N2O3/c1-4-10(5-2)16-8-11(14(17)18)13(15-16)12-7-6-9(3)19-12/h6-8,10H,4-5H2,1-3H3,(H,17,18). The summed E-state index contributed by atoms with van der Waals surface area (Å²) in [5.41, 5.74) is 0.578. The van der Waals surface area contributed by atoms with Gasteiger partial charge in [0, 0.05) is 6.20 Å². The molecule has 2 aromatic heterocycles. The Morgan fingerprint density at radius 2 is 2.11 bits per heavy atom. The lowest BCUT2D eigenvalue weighted by Gasteiger charge is -2.12. The fourth-order valence-electron chi connectivity index (χ4n) is 2.14. The van der Waals surface area contributed by atoms with Crippen LogP contribution in [0.4, 0.5) is 0 Å². The number of nitrogens with zero attached hydrogens (tertiary/aromatic N) is 2. The summed E-state index contributed by atoms with van der Waals surface area (Å²) in [6, 6.07) is 3.77. The lowest BCUT2D eigenvalue weighted by Crippen LogP contribution is -2.07. The van der Waals surface area contributed by atoms with Crippen molar-refractivity contribution >= 4 is 5.97 Å². The molecule has 0 aliphatic rings. The highest BCUT2D eigenvalue weighted by Crippen LogP contribution is 2.26. The summed E-state index contributed by atoms with van der Waals surface area (Å²) in [4.78, 5) is 11.3. The van der Waals surface area contributed by atoms with E-state index >= 15 is 0 Å². The topological polar surface area (TPSA) is 68.3 Å². The van der Waals surface area contributed by atoms with Gasteiger partial charge in [-0.15, -0.1) is 0 Å². The summed E-state index contributed by atoms with van der Waals surface area (Å²) < 4.78 is 7.21. The van der Waals surface area contributed by atoms with Gasteiger partial charge in [0.05, 0.1) is 6.04 Å². The van der Waals surface area contributed by atoms with Crippen LogP contribution in [0.1, 0.15) is 48.8 Å². The Morgan fingerprint density at radius 3 is 2.58 bits per heavy atom. The number of rotatable bonds is 5. The first-order chi connectivity index (χ1) is 9.06. The van der Waals surface area contributed by atoms with E-state index in [-0.39, 0.29) is 11.6 Å². The summed E-state index contributed by atoms with van der Waals surface area (Å²) in [5, 5.41) is 13.7. The zero-order valence-corrected chi connectivity index (χ0v) is 11.4. The molecule has 0 aliphatic carbocycles. The molecular weight excluding hydrogens is 244 g/mol. The molecule has 5 heteroatoms. The van der Waals surface area contributed by atoms with Crippen molar-refractivity contribution in [2.24, 2.45) is 0 Å². The highest BCUT2D eigenvalue weighted by Gasteiger charge is 2.21. The number of hydrogen-bond acceptors (Lipinski definition) is 3. The van der Waals surface area contributed by atoms with E-state index in [4.69, 9.17) is 4.42 Å². The molecule has 0 aromatic carbocycles. The van der Waals surface area contributed by atoms with Gasteiger partial charge in [0.25, 0.3) is 0 Å². The number of furan rings is 1. The molecule has 0 atom stereocenters. The minimum atomic E-state index is -0.985. The van der Waals surface area contributed by atoms with E-state index in [0.717, 1.165) is 18.6 Å². The van der Waals surface area contributed by atoms with Gasteiger partial charge in [0.1, 0.15) is 17.0 Å². The minimum absolute atomic E-state index is 0.182. The number of carboxylic acid groups (broad SMARTS) is 1. The van der Waals surface area contributed by atoms with Crippen LogP contribution in [-0.2, 0) is 0 Å². The molecule has 0 radical (unpaired) electrons. The average molecular weight is 262 g/mol. The highest BCUT2D eigenvalue weighted by atomic mass is 16.4. The second-order valence-electron chi connectivity index (χ2n) is 4.56. The number of hydrogen-bond donors (Lipinski definition) is 1. The molecule has 0 saturated carbocycles. The van der Waals surface area contributed by atoms with E-state index in [1.807, 2.05) is 6.92 Å². The van der Waals surface area contributed by atoms with Crippen molar-refractivity contribution in [3.05, 3.63) is 29.7 Å². The van der Waals surface area contributed by atoms with E-state index in [0.29, 0.717) is 11.5 Å². The SMILES string of the molecule is CCC(CC)n1cc(C(=O)O)c(-c2ccc(C)o2)n1. The largest absolute Gasteiger partial charge is 0.478 e. The molecule has 0 fully saturated rings. The van der Waals surface area contributed by atoms with Crippen molar-refractivity contribution in [3.8, 4) is 11.5 Å². The van der Waals surface area contributed by atoms with Gasteiger partial charge < -0.3 is 9.52 Å². The first kappa shape index (κ1) is 13.4. The molecule has 5 nitrogen and oxygen atoms in total. The predicted octanol–water partition coefficient (Wildman–Crippen LogP) is 3.51. The Kier molecular flexibility index (Phi) is 3.74. The molecule has 2 heterocycles. The molecule has 0 unspecified atom stereocenters. The Balaban J connectivity index is 2.50. The van der Waals surface area contributed by atoms with Gasteiger partial charge in [-0.2, -0.15) is 5.10 Å². The Morgan fingerprint density at radius 1 is 1.42 bits per heavy atom. The minimum Gasteiger partial charge on any atom is -0.478 e. The van der Waals surface area contributed by atoms with Gasteiger partial charge >= 0.3 is 5.97 Å². The fourth-order valence-corrected chi connectivity index (χ4v) is 2.14. The number of aromatic nitrogens is 2. The number of aryl methyl sites for hydroxylation is 1. The van der Waals surface area contributed by atoms with Crippen LogP contribution >= 0.6 is 0 Å². The van der Waals surface area contributed by atoms with Crippen LogP contribution in [0.15, 0.2) is 22.7 Å². The van der Waals surface area contributed by atoms with Crippen LogP contribution in [0, 0.1) is 6.92 Å². The summed E-state index contributed by atoms with van der Waals surface area (Å²) in [7, 11) is 0. The molecule has 2 aromatic rings. The molecule has 0 bridgehead atoms. The van der Waals surface area contributed by atoms with Crippen LogP contribution in [0.2, 0.25) is 0 Å². The smallest absolute Gasteiger partial charge is 0.339 e. The Bertz CT molecular complexity index is 579. The predicted molar refractivity (Wildman–Crippen MR) is 71.2 cm³/mol. The van der Waals surface area contributed by atoms with E-state index < -0.39 is 5.97 Å². The first-order valence-corrected chi connectivity index (χ1v) is 6.46. The van der Waals surface area contributed by atoms with Crippen LogP contribution in [0.3, 0.4) is 0 Å².